The van der Waals surface area contributed by atoms with E-state index in [0.29, 0.717) is 11.3 Å². The molecule has 2 N–H and O–H groups in total. The monoisotopic (exact) mass is 382 g/mol. The molecule has 0 fully saturated rings. The summed E-state index contributed by atoms with van der Waals surface area (Å²) in [5.41, 5.74) is 4.13. The topological polar surface area (TPSA) is 78.1 Å². The highest BCUT2D eigenvalue weighted by Crippen LogP contribution is 2.40. The van der Waals surface area contributed by atoms with Crippen LogP contribution in [0.25, 0.3) is 10.9 Å². The molecule has 0 spiro atoms. The molecule has 0 aliphatic carbocycles. The van der Waals surface area contributed by atoms with Crippen LogP contribution in [0.2, 0.25) is 0 Å². The van der Waals surface area contributed by atoms with Crippen LogP contribution in [0, 0.1) is 0 Å². The number of carbonyl (C=O) groups is 2. The van der Waals surface area contributed by atoms with Gasteiger partial charge in [-0.05, 0) is 29.8 Å². The molecule has 2 amide bonds. The van der Waals surface area contributed by atoms with E-state index < -0.39 is 0 Å². The van der Waals surface area contributed by atoms with Crippen molar-refractivity contribution in [2.24, 2.45) is 0 Å². The fourth-order valence-corrected chi connectivity index (χ4v) is 3.98. The van der Waals surface area contributed by atoms with Gasteiger partial charge >= 0.3 is 0 Å². The number of rotatable bonds is 4. The third-order valence-electron chi connectivity index (χ3n) is 5.23. The summed E-state index contributed by atoms with van der Waals surface area (Å²) in [6.07, 6.45) is 5.15. The van der Waals surface area contributed by atoms with Crippen LogP contribution in [0.1, 0.15) is 27.5 Å². The molecule has 4 aromatic rings. The Balaban J connectivity index is 1.53. The van der Waals surface area contributed by atoms with E-state index in [1.54, 1.807) is 29.4 Å². The molecule has 1 aliphatic heterocycles. The van der Waals surface area contributed by atoms with Gasteiger partial charge in [-0.15, -0.1) is 0 Å². The molecule has 0 radical (unpaired) electrons. The molecule has 0 unspecified atom stereocenters. The highest BCUT2D eigenvalue weighted by Gasteiger charge is 2.39. The average Bonchev–Trinajstić information content (AvgIpc) is 3.28. The molecule has 5 rings (SSSR count). The normalized spacial score (nSPS) is 15.5. The lowest BCUT2D eigenvalue weighted by atomic mass is 9.97. The first-order valence-electron chi connectivity index (χ1n) is 9.38. The van der Waals surface area contributed by atoms with Crippen molar-refractivity contribution in [3.05, 3.63) is 95.9 Å². The minimum Gasteiger partial charge on any atom is -0.361 e. The van der Waals surface area contributed by atoms with Gasteiger partial charge < -0.3 is 15.2 Å². The number of amides is 2. The van der Waals surface area contributed by atoms with Crippen LogP contribution in [0.15, 0.2) is 79.3 Å². The maximum atomic E-state index is 13.1. The molecule has 142 valence electrons. The van der Waals surface area contributed by atoms with Gasteiger partial charge in [-0.2, -0.15) is 0 Å². The van der Waals surface area contributed by atoms with Gasteiger partial charge in [-0.1, -0.05) is 36.4 Å². The van der Waals surface area contributed by atoms with E-state index in [-0.39, 0.29) is 24.4 Å². The molecule has 29 heavy (non-hydrogen) atoms. The standard InChI is InChI=1S/C23H18N4O2/c28-21(26-15-6-5-11-24-12-15)14-27-22(17-8-1-2-9-18(17)23(27)29)19-13-25-20-10-4-3-7-16(19)20/h1-13,22,25H,14H2,(H,26,28)/t22-/m0/s1. The molecular formula is C23H18N4O2. The number of nitrogens with zero attached hydrogens (tertiary/aromatic N) is 2. The van der Waals surface area contributed by atoms with Crippen molar-refractivity contribution in [2.75, 3.05) is 11.9 Å². The van der Waals surface area contributed by atoms with Crippen LogP contribution in [0.4, 0.5) is 5.69 Å². The van der Waals surface area contributed by atoms with E-state index in [0.717, 1.165) is 22.0 Å². The van der Waals surface area contributed by atoms with Gasteiger partial charge in [0, 0.05) is 34.4 Å². The zero-order valence-electron chi connectivity index (χ0n) is 15.5. The van der Waals surface area contributed by atoms with Crippen LogP contribution in [0.5, 0.6) is 0 Å². The van der Waals surface area contributed by atoms with E-state index in [2.05, 4.69) is 15.3 Å². The zero-order chi connectivity index (χ0) is 19.8. The minimum atomic E-state index is -0.325. The Labute approximate surface area is 167 Å². The average molecular weight is 382 g/mol. The summed E-state index contributed by atoms with van der Waals surface area (Å²) in [4.78, 5) is 34.8. The van der Waals surface area contributed by atoms with E-state index >= 15 is 0 Å². The van der Waals surface area contributed by atoms with Gasteiger partial charge in [0.25, 0.3) is 5.91 Å². The van der Waals surface area contributed by atoms with Gasteiger partial charge in [0.15, 0.2) is 0 Å². The summed E-state index contributed by atoms with van der Waals surface area (Å²) in [6.45, 7) is -0.0490. The maximum absolute atomic E-state index is 13.1. The van der Waals surface area contributed by atoms with Gasteiger partial charge in [-0.3, -0.25) is 14.6 Å². The third kappa shape index (κ3) is 2.95. The fraction of sp³-hybridized carbons (Fsp3) is 0.0870. The Kier molecular flexibility index (Phi) is 4.09. The Hall–Kier alpha value is -3.93. The molecule has 3 heterocycles. The summed E-state index contributed by atoms with van der Waals surface area (Å²) >= 11 is 0. The largest absolute Gasteiger partial charge is 0.361 e. The number of anilines is 1. The third-order valence-corrected chi connectivity index (χ3v) is 5.23. The number of fused-ring (bicyclic) bond motifs is 2. The molecule has 1 aliphatic rings. The number of nitrogens with one attached hydrogen (secondary N) is 2. The number of pyridine rings is 1. The first kappa shape index (κ1) is 17.2. The van der Waals surface area contributed by atoms with Gasteiger partial charge in [0.05, 0.1) is 17.9 Å². The highest BCUT2D eigenvalue weighted by atomic mass is 16.2. The predicted octanol–water partition coefficient (Wildman–Crippen LogP) is 3.75. The second kappa shape index (κ2) is 6.91. The van der Waals surface area contributed by atoms with Gasteiger partial charge in [0.1, 0.15) is 6.54 Å². The minimum absolute atomic E-state index is 0.0490. The highest BCUT2D eigenvalue weighted by molar-refractivity contribution is 6.04. The second-order valence-electron chi connectivity index (χ2n) is 7.00. The maximum Gasteiger partial charge on any atom is 0.255 e. The smallest absolute Gasteiger partial charge is 0.255 e. The summed E-state index contributed by atoms with van der Waals surface area (Å²) in [5.74, 6) is -0.402. The van der Waals surface area contributed by atoms with Crippen molar-refractivity contribution >= 4 is 28.4 Å². The Bertz CT molecular complexity index is 1220. The van der Waals surface area contributed by atoms with Crippen molar-refractivity contribution in [2.45, 2.75) is 6.04 Å². The SMILES string of the molecule is O=C(CN1C(=O)c2ccccc2[C@H]1c1c[nH]c2ccccc12)Nc1cccnc1. The summed E-state index contributed by atoms with van der Waals surface area (Å²) < 4.78 is 0. The fourth-order valence-electron chi connectivity index (χ4n) is 3.98. The zero-order valence-corrected chi connectivity index (χ0v) is 15.5. The van der Waals surface area contributed by atoms with E-state index in [1.165, 1.54) is 0 Å². The number of aromatic amines is 1. The Morgan fingerprint density at radius 1 is 1.03 bits per heavy atom. The number of aromatic nitrogens is 2. The van der Waals surface area contributed by atoms with E-state index in [4.69, 9.17) is 0 Å². The Morgan fingerprint density at radius 2 is 1.86 bits per heavy atom. The Morgan fingerprint density at radius 3 is 2.72 bits per heavy atom. The lowest BCUT2D eigenvalue weighted by molar-refractivity contribution is -0.117. The molecule has 2 aromatic heterocycles. The van der Waals surface area contributed by atoms with E-state index in [9.17, 15) is 9.59 Å². The number of H-pyrrole nitrogens is 1. The molecule has 6 heteroatoms. The first-order chi connectivity index (χ1) is 14.2. The van der Waals surface area contributed by atoms with Crippen LogP contribution >= 0.6 is 0 Å². The molecule has 2 aromatic carbocycles. The van der Waals surface area contributed by atoms with Crippen molar-refractivity contribution < 1.29 is 9.59 Å². The van der Waals surface area contributed by atoms with Crippen LogP contribution in [-0.2, 0) is 4.79 Å². The lowest BCUT2D eigenvalue weighted by Gasteiger charge is -2.25. The lowest BCUT2D eigenvalue weighted by Crippen LogP contribution is -2.36. The number of para-hydroxylation sites is 1. The van der Waals surface area contributed by atoms with Crippen molar-refractivity contribution in [3.63, 3.8) is 0 Å². The first-order valence-corrected chi connectivity index (χ1v) is 9.38. The van der Waals surface area contributed by atoms with Gasteiger partial charge in [-0.25, -0.2) is 0 Å². The van der Waals surface area contributed by atoms with Crippen molar-refractivity contribution in [1.29, 1.82) is 0 Å². The summed E-state index contributed by atoms with van der Waals surface area (Å²) in [7, 11) is 0. The van der Waals surface area contributed by atoms with Crippen LogP contribution in [-0.4, -0.2) is 33.2 Å². The molecule has 1 atom stereocenters. The van der Waals surface area contributed by atoms with Crippen LogP contribution in [0.3, 0.4) is 0 Å². The predicted molar refractivity (Wildman–Crippen MR) is 110 cm³/mol. The summed E-state index contributed by atoms with van der Waals surface area (Å²) in [6, 6.07) is 18.7. The number of hydrogen-bond donors (Lipinski definition) is 2. The molecule has 0 bridgehead atoms. The number of hydrogen-bond acceptors (Lipinski definition) is 3. The molecule has 0 saturated heterocycles. The molecule has 0 saturated carbocycles. The van der Waals surface area contributed by atoms with E-state index in [1.807, 2.05) is 54.7 Å². The quantitative estimate of drug-likeness (QED) is 0.564. The molecule has 6 nitrogen and oxygen atoms in total. The van der Waals surface area contributed by atoms with Crippen molar-refractivity contribution in [3.8, 4) is 0 Å². The summed E-state index contributed by atoms with van der Waals surface area (Å²) in [5, 5.41) is 3.86. The molecular weight excluding hydrogens is 364 g/mol. The number of carbonyl (C=O) groups excluding carboxylic acids is 2. The van der Waals surface area contributed by atoms with Gasteiger partial charge in [0.2, 0.25) is 5.91 Å². The van der Waals surface area contributed by atoms with Crippen molar-refractivity contribution in [1.82, 2.24) is 14.9 Å². The van der Waals surface area contributed by atoms with Crippen LogP contribution < -0.4 is 5.32 Å². The second-order valence-corrected chi connectivity index (χ2v) is 7.00. The number of benzene rings is 2.